The zero-order valence-electron chi connectivity index (χ0n) is 9.77. The third-order valence-corrected chi connectivity index (χ3v) is 3.25. The fraction of sp³-hybridized carbons (Fsp3) is 0.545. The van der Waals surface area contributed by atoms with E-state index in [0.29, 0.717) is 18.3 Å². The first-order chi connectivity index (χ1) is 7.41. The number of aromatic nitrogens is 1. The van der Waals surface area contributed by atoms with Gasteiger partial charge in [0.2, 0.25) is 0 Å². The molecule has 16 heavy (non-hydrogen) atoms. The van der Waals surface area contributed by atoms with Crippen LogP contribution in [0, 0.1) is 3.57 Å². The molecule has 0 spiro atoms. The molecule has 0 aromatic carbocycles. The number of rotatable bonds is 5. The maximum Gasteiger partial charge on any atom is 0.352 e. The Hall–Kier alpha value is -0.560. The van der Waals surface area contributed by atoms with Crippen molar-refractivity contribution in [1.82, 2.24) is 9.47 Å². The first-order valence-corrected chi connectivity index (χ1v) is 6.29. The number of carbonyl (C=O) groups is 1. The minimum atomic E-state index is -0.866. The van der Waals surface area contributed by atoms with E-state index in [1.54, 1.807) is 10.6 Å². The lowest BCUT2D eigenvalue weighted by Gasteiger charge is -2.21. The molecule has 0 bridgehead atoms. The highest BCUT2D eigenvalue weighted by Gasteiger charge is 2.12. The SMILES string of the molecule is CC(C)N(C)CCn1cc(I)cc1C(=O)O. The van der Waals surface area contributed by atoms with Gasteiger partial charge < -0.3 is 14.6 Å². The average Bonchev–Trinajstić information content (AvgIpc) is 2.56. The van der Waals surface area contributed by atoms with Crippen molar-refractivity contribution in [1.29, 1.82) is 0 Å². The Morgan fingerprint density at radius 2 is 2.25 bits per heavy atom. The van der Waals surface area contributed by atoms with Gasteiger partial charge in [-0.3, -0.25) is 0 Å². The number of carboxylic acids is 1. The zero-order valence-corrected chi connectivity index (χ0v) is 11.9. The predicted molar refractivity (Wildman–Crippen MR) is 71.9 cm³/mol. The highest BCUT2D eigenvalue weighted by atomic mass is 127. The van der Waals surface area contributed by atoms with Crippen molar-refractivity contribution in [3.05, 3.63) is 21.5 Å². The Morgan fingerprint density at radius 3 is 2.75 bits per heavy atom. The molecule has 0 fully saturated rings. The summed E-state index contributed by atoms with van der Waals surface area (Å²) in [6.45, 7) is 5.80. The van der Waals surface area contributed by atoms with Crippen LogP contribution in [-0.4, -0.2) is 40.2 Å². The summed E-state index contributed by atoms with van der Waals surface area (Å²) < 4.78 is 2.76. The fourth-order valence-electron chi connectivity index (χ4n) is 1.36. The summed E-state index contributed by atoms with van der Waals surface area (Å²) in [7, 11) is 2.04. The van der Waals surface area contributed by atoms with E-state index < -0.39 is 5.97 Å². The van der Waals surface area contributed by atoms with E-state index in [9.17, 15) is 4.79 Å². The molecular weight excluding hydrogens is 319 g/mol. The van der Waals surface area contributed by atoms with E-state index in [1.807, 2.05) is 13.2 Å². The van der Waals surface area contributed by atoms with Crippen LogP contribution in [0.25, 0.3) is 0 Å². The summed E-state index contributed by atoms with van der Waals surface area (Å²) in [5.74, 6) is -0.866. The molecule has 0 saturated heterocycles. The van der Waals surface area contributed by atoms with E-state index in [2.05, 4.69) is 41.3 Å². The predicted octanol–water partition coefficient (Wildman–Crippen LogP) is 2.13. The number of nitrogens with zero attached hydrogens (tertiary/aromatic N) is 2. The van der Waals surface area contributed by atoms with Gasteiger partial charge in [-0.15, -0.1) is 0 Å². The van der Waals surface area contributed by atoms with Gasteiger partial charge in [-0.2, -0.15) is 0 Å². The maximum absolute atomic E-state index is 11.0. The van der Waals surface area contributed by atoms with Crippen molar-refractivity contribution in [2.24, 2.45) is 0 Å². The molecule has 5 heteroatoms. The monoisotopic (exact) mass is 336 g/mol. The van der Waals surface area contributed by atoms with Gasteiger partial charge in [0.25, 0.3) is 0 Å². The normalized spacial score (nSPS) is 11.4. The summed E-state index contributed by atoms with van der Waals surface area (Å²) in [4.78, 5) is 13.2. The maximum atomic E-state index is 11.0. The van der Waals surface area contributed by atoms with Gasteiger partial charge in [0.05, 0.1) is 0 Å². The van der Waals surface area contributed by atoms with Gasteiger partial charge in [-0.25, -0.2) is 4.79 Å². The molecule has 0 unspecified atom stereocenters. The van der Waals surface area contributed by atoms with Crippen LogP contribution < -0.4 is 0 Å². The van der Waals surface area contributed by atoms with Crippen molar-refractivity contribution in [3.63, 3.8) is 0 Å². The van der Waals surface area contributed by atoms with Crippen LogP contribution in [-0.2, 0) is 6.54 Å². The second kappa shape index (κ2) is 5.67. The van der Waals surface area contributed by atoms with Crippen molar-refractivity contribution >= 4 is 28.6 Å². The molecule has 1 heterocycles. The Balaban J connectivity index is 2.70. The summed E-state index contributed by atoms with van der Waals surface area (Å²) in [6, 6.07) is 2.17. The second-order valence-corrected chi connectivity index (χ2v) is 5.36. The molecule has 0 atom stereocenters. The smallest absolute Gasteiger partial charge is 0.352 e. The number of hydrogen-bond acceptors (Lipinski definition) is 2. The summed E-state index contributed by atoms with van der Waals surface area (Å²) in [5.41, 5.74) is 0.363. The molecule has 90 valence electrons. The molecular formula is C11H17IN2O2. The van der Waals surface area contributed by atoms with Crippen molar-refractivity contribution < 1.29 is 9.90 Å². The van der Waals surface area contributed by atoms with Crippen LogP contribution in [0.4, 0.5) is 0 Å². The Labute approximate surface area is 109 Å². The average molecular weight is 336 g/mol. The van der Waals surface area contributed by atoms with Gasteiger partial charge in [0.1, 0.15) is 5.69 Å². The topological polar surface area (TPSA) is 45.5 Å². The number of halogens is 1. The van der Waals surface area contributed by atoms with E-state index in [1.165, 1.54) is 0 Å². The molecule has 0 radical (unpaired) electrons. The second-order valence-electron chi connectivity index (χ2n) is 4.12. The molecule has 1 aromatic heterocycles. The van der Waals surface area contributed by atoms with E-state index in [4.69, 9.17) is 5.11 Å². The molecule has 0 amide bonds. The number of aromatic carboxylic acids is 1. The Kier molecular flexibility index (Phi) is 4.79. The van der Waals surface area contributed by atoms with Gasteiger partial charge in [-0.1, -0.05) is 0 Å². The van der Waals surface area contributed by atoms with Crippen LogP contribution >= 0.6 is 22.6 Å². The number of likely N-dealkylation sites (N-methyl/N-ethyl adjacent to an activating group) is 1. The quantitative estimate of drug-likeness (QED) is 0.838. The lowest BCUT2D eigenvalue weighted by Crippen LogP contribution is -2.30. The van der Waals surface area contributed by atoms with Crippen molar-refractivity contribution in [2.45, 2.75) is 26.4 Å². The van der Waals surface area contributed by atoms with E-state index in [-0.39, 0.29) is 0 Å². The molecule has 0 aliphatic carbocycles. The number of hydrogen-bond donors (Lipinski definition) is 1. The van der Waals surface area contributed by atoms with Crippen LogP contribution in [0.2, 0.25) is 0 Å². The highest BCUT2D eigenvalue weighted by Crippen LogP contribution is 2.11. The molecule has 0 saturated carbocycles. The summed E-state index contributed by atoms with van der Waals surface area (Å²) in [5, 5.41) is 9.02. The Bertz CT molecular complexity index is 374. The zero-order chi connectivity index (χ0) is 12.3. The first-order valence-electron chi connectivity index (χ1n) is 5.21. The lowest BCUT2D eigenvalue weighted by atomic mass is 10.3. The summed E-state index contributed by atoms with van der Waals surface area (Å²) in [6.07, 6.45) is 1.87. The van der Waals surface area contributed by atoms with Crippen LogP contribution in [0.5, 0.6) is 0 Å². The lowest BCUT2D eigenvalue weighted by molar-refractivity contribution is 0.0684. The molecule has 1 N–H and O–H groups in total. The Morgan fingerprint density at radius 1 is 1.62 bits per heavy atom. The largest absolute Gasteiger partial charge is 0.477 e. The minimum Gasteiger partial charge on any atom is -0.477 e. The fourth-order valence-corrected chi connectivity index (χ4v) is 1.99. The molecule has 1 aromatic rings. The minimum absolute atomic E-state index is 0.363. The molecule has 0 aliphatic rings. The standard InChI is InChI=1S/C11H17IN2O2/c1-8(2)13(3)4-5-14-7-9(12)6-10(14)11(15)16/h6-8H,4-5H2,1-3H3,(H,15,16). The van der Waals surface area contributed by atoms with Gasteiger partial charge in [-0.05, 0) is 49.6 Å². The summed E-state index contributed by atoms with van der Waals surface area (Å²) >= 11 is 2.13. The van der Waals surface area contributed by atoms with Crippen LogP contribution in [0.3, 0.4) is 0 Å². The van der Waals surface area contributed by atoms with E-state index >= 15 is 0 Å². The first kappa shape index (κ1) is 13.5. The third kappa shape index (κ3) is 3.48. The van der Waals surface area contributed by atoms with Gasteiger partial charge in [0.15, 0.2) is 0 Å². The van der Waals surface area contributed by atoms with E-state index in [0.717, 1.165) is 10.1 Å². The van der Waals surface area contributed by atoms with Gasteiger partial charge in [0, 0.05) is 28.9 Å². The van der Waals surface area contributed by atoms with Crippen molar-refractivity contribution in [3.8, 4) is 0 Å². The highest BCUT2D eigenvalue weighted by molar-refractivity contribution is 14.1. The molecule has 0 aliphatic heterocycles. The van der Waals surface area contributed by atoms with Crippen molar-refractivity contribution in [2.75, 3.05) is 13.6 Å². The molecule has 1 rings (SSSR count). The van der Waals surface area contributed by atoms with Crippen LogP contribution in [0.15, 0.2) is 12.3 Å². The number of carboxylic acid groups (broad SMARTS) is 1. The molecule has 4 nitrogen and oxygen atoms in total. The van der Waals surface area contributed by atoms with Gasteiger partial charge >= 0.3 is 5.97 Å². The van der Waals surface area contributed by atoms with Crippen LogP contribution in [0.1, 0.15) is 24.3 Å². The third-order valence-electron chi connectivity index (χ3n) is 2.66.